The monoisotopic (exact) mass is 304 g/mol. The maximum atomic E-state index is 11.9. The number of carboxylic acid groups (broad SMARTS) is 3. The summed E-state index contributed by atoms with van der Waals surface area (Å²) in [4.78, 5) is 55.8. The molecule has 10 nitrogen and oxygen atoms in total. The lowest BCUT2D eigenvalue weighted by Gasteiger charge is -2.27. The van der Waals surface area contributed by atoms with Crippen LogP contribution >= 0.6 is 0 Å². The Balaban J connectivity index is 5.26. The number of carboxylic acids is 3. The van der Waals surface area contributed by atoms with Gasteiger partial charge in [-0.2, -0.15) is 0 Å². The summed E-state index contributed by atoms with van der Waals surface area (Å²) in [6, 6.07) is -3.32. The highest BCUT2D eigenvalue weighted by atomic mass is 16.4. The Morgan fingerprint density at radius 1 is 1.05 bits per heavy atom. The largest absolute Gasteiger partial charge is 0.481 e. The van der Waals surface area contributed by atoms with Crippen molar-refractivity contribution in [3.63, 3.8) is 0 Å². The highest BCUT2D eigenvalue weighted by molar-refractivity contribution is 6.01. The van der Waals surface area contributed by atoms with Crippen molar-refractivity contribution in [3.8, 4) is 0 Å². The van der Waals surface area contributed by atoms with Gasteiger partial charge in [0.25, 0.3) is 0 Å². The second kappa shape index (κ2) is 7.94. The number of nitrogens with zero attached hydrogens (tertiary/aromatic N) is 1. The fourth-order valence-electron chi connectivity index (χ4n) is 1.61. The predicted molar refractivity (Wildman–Crippen MR) is 66.0 cm³/mol. The number of hydrogen-bond acceptors (Lipinski definition) is 6. The Morgan fingerprint density at radius 2 is 1.57 bits per heavy atom. The van der Waals surface area contributed by atoms with Crippen molar-refractivity contribution < 1.29 is 39.3 Å². The molecular formula is C11H16N2O8. The SMILES string of the molecule is CC(=O)N(C(=O)[C@@H](N)CC(=O)O)[C@@H](CCC(=O)O)C(=O)O. The zero-order chi connectivity index (χ0) is 16.7. The maximum Gasteiger partial charge on any atom is 0.326 e. The van der Waals surface area contributed by atoms with Gasteiger partial charge in [0.2, 0.25) is 11.8 Å². The Kier molecular flexibility index (Phi) is 7.00. The normalized spacial score (nSPS) is 13.0. The van der Waals surface area contributed by atoms with E-state index in [9.17, 15) is 24.0 Å². The zero-order valence-electron chi connectivity index (χ0n) is 11.2. The van der Waals surface area contributed by atoms with Crippen molar-refractivity contribution in [2.24, 2.45) is 5.73 Å². The van der Waals surface area contributed by atoms with Gasteiger partial charge in [0.1, 0.15) is 6.04 Å². The average molecular weight is 304 g/mol. The molecule has 2 amide bonds. The van der Waals surface area contributed by atoms with Crippen LogP contribution in [0.15, 0.2) is 0 Å². The van der Waals surface area contributed by atoms with Gasteiger partial charge in [-0.1, -0.05) is 0 Å². The van der Waals surface area contributed by atoms with Gasteiger partial charge in [0, 0.05) is 13.3 Å². The Hall–Kier alpha value is -2.49. The van der Waals surface area contributed by atoms with Gasteiger partial charge < -0.3 is 21.1 Å². The molecule has 0 saturated carbocycles. The first-order valence-electron chi connectivity index (χ1n) is 5.83. The van der Waals surface area contributed by atoms with Crippen LogP contribution in [0, 0.1) is 0 Å². The summed E-state index contributed by atoms with van der Waals surface area (Å²) in [6.07, 6.45) is -1.87. The molecule has 0 aromatic heterocycles. The topological polar surface area (TPSA) is 175 Å². The lowest BCUT2D eigenvalue weighted by atomic mass is 10.1. The molecule has 0 spiro atoms. The van der Waals surface area contributed by atoms with Crippen molar-refractivity contribution in [2.75, 3.05) is 0 Å². The molecule has 0 bridgehead atoms. The predicted octanol–water partition coefficient (Wildman–Crippen LogP) is -1.52. The van der Waals surface area contributed by atoms with Crippen LogP contribution in [0.5, 0.6) is 0 Å². The summed E-state index contributed by atoms with van der Waals surface area (Å²) in [5.41, 5.74) is 5.32. The summed E-state index contributed by atoms with van der Waals surface area (Å²) in [6.45, 7) is 0.905. The fourth-order valence-corrected chi connectivity index (χ4v) is 1.61. The van der Waals surface area contributed by atoms with E-state index < -0.39 is 61.1 Å². The van der Waals surface area contributed by atoms with Crippen molar-refractivity contribution in [2.45, 2.75) is 38.3 Å². The van der Waals surface area contributed by atoms with Crippen LogP contribution in [0.1, 0.15) is 26.2 Å². The number of hydrogen-bond donors (Lipinski definition) is 4. The third kappa shape index (κ3) is 5.99. The van der Waals surface area contributed by atoms with E-state index >= 15 is 0 Å². The minimum atomic E-state index is -1.72. The Bertz CT molecular complexity index is 461. The third-order valence-corrected chi connectivity index (χ3v) is 2.52. The van der Waals surface area contributed by atoms with Crippen LogP contribution in [0.25, 0.3) is 0 Å². The summed E-state index contributed by atoms with van der Waals surface area (Å²) in [5, 5.41) is 26.1. The number of carbonyl (C=O) groups excluding carboxylic acids is 2. The van der Waals surface area contributed by atoms with E-state index in [1.165, 1.54) is 0 Å². The molecule has 0 unspecified atom stereocenters. The minimum absolute atomic E-state index is 0.291. The number of imide groups is 1. The molecule has 0 rings (SSSR count). The second-order valence-electron chi connectivity index (χ2n) is 4.22. The third-order valence-electron chi connectivity index (χ3n) is 2.52. The van der Waals surface area contributed by atoms with Gasteiger partial charge in [-0.15, -0.1) is 0 Å². The molecular weight excluding hydrogens is 288 g/mol. The van der Waals surface area contributed by atoms with Crippen molar-refractivity contribution in [3.05, 3.63) is 0 Å². The molecule has 0 radical (unpaired) electrons. The van der Waals surface area contributed by atoms with Crippen molar-refractivity contribution >= 4 is 29.7 Å². The molecule has 0 aliphatic carbocycles. The molecule has 0 fully saturated rings. The van der Waals surface area contributed by atoms with Gasteiger partial charge in [-0.3, -0.25) is 24.1 Å². The summed E-state index contributed by atoms with van der Waals surface area (Å²) >= 11 is 0. The van der Waals surface area contributed by atoms with E-state index in [0.29, 0.717) is 4.90 Å². The van der Waals surface area contributed by atoms with Crippen LogP contribution in [-0.2, 0) is 24.0 Å². The molecule has 0 saturated heterocycles. The molecule has 0 aliphatic heterocycles. The van der Waals surface area contributed by atoms with Gasteiger partial charge in [0.05, 0.1) is 12.5 Å². The van der Waals surface area contributed by atoms with Crippen LogP contribution in [0.2, 0.25) is 0 Å². The molecule has 5 N–H and O–H groups in total. The smallest absolute Gasteiger partial charge is 0.326 e. The van der Waals surface area contributed by atoms with Crippen LogP contribution in [0.4, 0.5) is 0 Å². The van der Waals surface area contributed by atoms with E-state index in [0.717, 1.165) is 6.92 Å². The molecule has 118 valence electrons. The highest BCUT2D eigenvalue weighted by Crippen LogP contribution is 2.11. The maximum absolute atomic E-state index is 11.9. The van der Waals surface area contributed by atoms with Crippen molar-refractivity contribution in [1.29, 1.82) is 0 Å². The zero-order valence-corrected chi connectivity index (χ0v) is 11.2. The molecule has 21 heavy (non-hydrogen) atoms. The molecule has 0 aromatic carbocycles. The standard InChI is InChI=1S/C11H16N2O8/c1-5(14)13(10(19)6(12)4-9(17)18)7(11(20)21)2-3-8(15)16/h6-7H,2-4,12H2,1H3,(H,15,16)(H,17,18)(H,20,21)/t6-,7-/m0/s1. The van der Waals surface area contributed by atoms with E-state index in [2.05, 4.69) is 0 Å². The van der Waals surface area contributed by atoms with Gasteiger partial charge >= 0.3 is 17.9 Å². The summed E-state index contributed by atoms with van der Waals surface area (Å²) in [7, 11) is 0. The first-order chi connectivity index (χ1) is 9.57. The van der Waals surface area contributed by atoms with E-state index in [-0.39, 0.29) is 0 Å². The lowest BCUT2D eigenvalue weighted by Crippen LogP contribution is -2.54. The number of amides is 2. The highest BCUT2D eigenvalue weighted by Gasteiger charge is 2.36. The Labute approximate surface area is 119 Å². The summed E-state index contributed by atoms with van der Waals surface area (Å²) in [5.74, 6) is -6.41. The van der Waals surface area contributed by atoms with E-state index in [1.54, 1.807) is 0 Å². The van der Waals surface area contributed by atoms with Gasteiger partial charge in [0.15, 0.2) is 0 Å². The number of carbonyl (C=O) groups is 5. The van der Waals surface area contributed by atoms with E-state index in [1.807, 2.05) is 0 Å². The summed E-state index contributed by atoms with van der Waals surface area (Å²) < 4.78 is 0. The fraction of sp³-hybridized carbons (Fsp3) is 0.545. The molecule has 0 heterocycles. The van der Waals surface area contributed by atoms with Crippen LogP contribution in [0.3, 0.4) is 0 Å². The molecule has 0 aromatic rings. The van der Waals surface area contributed by atoms with Gasteiger partial charge in [-0.05, 0) is 6.42 Å². The minimum Gasteiger partial charge on any atom is -0.481 e. The number of nitrogens with two attached hydrogens (primary N) is 1. The number of rotatable bonds is 8. The van der Waals surface area contributed by atoms with Crippen LogP contribution in [-0.4, -0.2) is 62.0 Å². The van der Waals surface area contributed by atoms with Crippen LogP contribution < -0.4 is 5.73 Å². The molecule has 0 aliphatic rings. The van der Waals surface area contributed by atoms with Gasteiger partial charge in [-0.25, -0.2) is 4.79 Å². The Morgan fingerprint density at radius 3 is 1.90 bits per heavy atom. The second-order valence-corrected chi connectivity index (χ2v) is 4.22. The van der Waals surface area contributed by atoms with Crippen molar-refractivity contribution in [1.82, 2.24) is 4.90 Å². The first kappa shape index (κ1) is 18.5. The van der Waals surface area contributed by atoms with E-state index in [4.69, 9.17) is 21.1 Å². The quantitative estimate of drug-likeness (QED) is 0.415. The lowest BCUT2D eigenvalue weighted by molar-refractivity contribution is -0.159. The first-order valence-corrected chi connectivity index (χ1v) is 5.83. The number of aliphatic carboxylic acids is 3. The average Bonchev–Trinajstić information content (AvgIpc) is 2.31. The molecule has 10 heteroatoms. The molecule has 2 atom stereocenters.